The van der Waals surface area contributed by atoms with E-state index in [-0.39, 0.29) is 11.8 Å². The Balaban J connectivity index is 2.10. The fourth-order valence-electron chi connectivity index (χ4n) is 2.30. The van der Waals surface area contributed by atoms with Gasteiger partial charge in [-0.25, -0.2) is 0 Å². The van der Waals surface area contributed by atoms with Gasteiger partial charge in [0.1, 0.15) is 0 Å². The maximum absolute atomic E-state index is 12.6. The molecule has 0 spiro atoms. The van der Waals surface area contributed by atoms with E-state index in [1.165, 1.54) is 17.8 Å². The lowest BCUT2D eigenvalue weighted by Crippen LogP contribution is -2.30. The number of aliphatic imine (C=N–C) groups is 1. The van der Waals surface area contributed by atoms with Crippen molar-refractivity contribution in [3.05, 3.63) is 40.3 Å². The third-order valence-corrected chi connectivity index (χ3v) is 5.05. The van der Waals surface area contributed by atoms with Gasteiger partial charge in [0.15, 0.2) is 5.17 Å². The van der Waals surface area contributed by atoms with E-state index >= 15 is 0 Å². The largest absolute Gasteiger partial charge is 0.322 e. The first-order chi connectivity index (χ1) is 12.5. The molecule has 1 aliphatic heterocycles. The zero-order valence-electron chi connectivity index (χ0n) is 15.1. The highest BCUT2D eigenvalue weighted by atomic mass is 35.5. The molecule has 1 aromatic rings. The number of benzene rings is 1. The number of halogens is 1. The molecule has 1 N–H and O–H groups in total. The molecule has 0 bridgehead atoms. The molecule has 140 valence electrons. The third kappa shape index (κ3) is 5.88. The first-order valence-electron chi connectivity index (χ1n) is 8.87. The van der Waals surface area contributed by atoms with Crippen LogP contribution < -0.4 is 5.32 Å². The molecule has 1 fully saturated rings. The van der Waals surface area contributed by atoms with Crippen LogP contribution >= 0.6 is 23.4 Å². The lowest BCUT2D eigenvalue weighted by atomic mass is 10.3. The van der Waals surface area contributed by atoms with Gasteiger partial charge in [-0.2, -0.15) is 0 Å². The van der Waals surface area contributed by atoms with Gasteiger partial charge >= 0.3 is 0 Å². The van der Waals surface area contributed by atoms with Gasteiger partial charge in [0.2, 0.25) is 5.91 Å². The van der Waals surface area contributed by atoms with Crippen LogP contribution in [0.1, 0.15) is 39.5 Å². The van der Waals surface area contributed by atoms with Crippen LogP contribution in [0, 0.1) is 0 Å². The van der Waals surface area contributed by atoms with E-state index in [9.17, 15) is 9.59 Å². The number of hydrogen-bond donors (Lipinski definition) is 1. The van der Waals surface area contributed by atoms with Crippen LogP contribution in [0.25, 0.3) is 0 Å². The molecule has 1 aliphatic rings. The van der Waals surface area contributed by atoms with E-state index in [1.807, 2.05) is 0 Å². The Bertz CT molecular complexity index is 701. The minimum atomic E-state index is -0.339. The molecule has 0 aromatic heterocycles. The van der Waals surface area contributed by atoms with Crippen molar-refractivity contribution in [1.82, 2.24) is 4.90 Å². The molecule has 26 heavy (non-hydrogen) atoms. The van der Waals surface area contributed by atoms with E-state index in [0.717, 1.165) is 25.7 Å². The normalized spacial score (nSPS) is 17.3. The second-order valence-corrected chi connectivity index (χ2v) is 7.38. The number of unbranched alkanes of at least 4 members (excludes halogenated alkanes) is 2. The van der Waals surface area contributed by atoms with E-state index in [4.69, 9.17) is 11.6 Å². The summed E-state index contributed by atoms with van der Waals surface area (Å²) < 4.78 is 0. The van der Waals surface area contributed by atoms with Crippen LogP contribution in [0.4, 0.5) is 5.69 Å². The van der Waals surface area contributed by atoms with Crippen molar-refractivity contribution in [2.24, 2.45) is 4.99 Å². The Labute approximate surface area is 163 Å². The van der Waals surface area contributed by atoms with Crippen LogP contribution in [0.5, 0.6) is 0 Å². The van der Waals surface area contributed by atoms with Gasteiger partial charge in [-0.15, -0.1) is 0 Å². The highest BCUT2D eigenvalue weighted by Gasteiger charge is 2.33. The first-order valence-corrected chi connectivity index (χ1v) is 10.1. The summed E-state index contributed by atoms with van der Waals surface area (Å²) in [5.74, 6) is -0.488. The average molecular weight is 394 g/mol. The molecule has 0 saturated carbocycles. The second kappa shape index (κ2) is 10.4. The molecular weight excluding hydrogens is 370 g/mol. The zero-order chi connectivity index (χ0) is 18.9. The molecule has 2 amide bonds. The molecular formula is C19H24ClN3O2S. The first kappa shape index (κ1) is 20.5. The molecule has 0 atom stereocenters. The number of nitrogens with one attached hydrogen (secondary N) is 1. The lowest BCUT2D eigenvalue weighted by molar-refractivity contribution is -0.122. The maximum atomic E-state index is 12.6. The fraction of sp³-hybridized carbons (Fsp3) is 0.421. The number of anilines is 1. The number of nitrogens with zero attached hydrogens (tertiary/aromatic N) is 2. The summed E-state index contributed by atoms with van der Waals surface area (Å²) in [5, 5.41) is 4.04. The van der Waals surface area contributed by atoms with Crippen LogP contribution in [0.3, 0.4) is 0 Å². The smallest absolute Gasteiger partial charge is 0.266 e. The zero-order valence-corrected chi connectivity index (χ0v) is 16.7. The lowest BCUT2D eigenvalue weighted by Gasteiger charge is -2.14. The van der Waals surface area contributed by atoms with Gasteiger partial charge in [0.25, 0.3) is 5.91 Å². The van der Waals surface area contributed by atoms with Crippen molar-refractivity contribution in [2.75, 3.05) is 18.4 Å². The Morgan fingerprint density at radius 2 is 1.92 bits per heavy atom. The van der Waals surface area contributed by atoms with E-state index in [0.29, 0.717) is 33.9 Å². The van der Waals surface area contributed by atoms with Crippen molar-refractivity contribution in [2.45, 2.75) is 39.5 Å². The van der Waals surface area contributed by atoms with Crippen molar-refractivity contribution in [3.8, 4) is 0 Å². The Morgan fingerprint density at radius 3 is 2.58 bits per heavy atom. The van der Waals surface area contributed by atoms with Gasteiger partial charge in [-0.1, -0.05) is 38.3 Å². The van der Waals surface area contributed by atoms with E-state index < -0.39 is 0 Å². The quantitative estimate of drug-likeness (QED) is 0.514. The summed E-state index contributed by atoms with van der Waals surface area (Å²) in [6.45, 7) is 5.51. The predicted octanol–water partition coefficient (Wildman–Crippen LogP) is 4.69. The van der Waals surface area contributed by atoms with Crippen molar-refractivity contribution in [1.29, 1.82) is 0 Å². The van der Waals surface area contributed by atoms with Crippen LogP contribution in [-0.2, 0) is 9.59 Å². The summed E-state index contributed by atoms with van der Waals surface area (Å²) in [4.78, 5) is 31.5. The summed E-state index contributed by atoms with van der Waals surface area (Å²) in [7, 11) is 0. The van der Waals surface area contributed by atoms with Gasteiger partial charge in [0, 0.05) is 29.9 Å². The summed E-state index contributed by atoms with van der Waals surface area (Å²) >= 11 is 7.11. The number of hydrogen-bond acceptors (Lipinski definition) is 4. The van der Waals surface area contributed by atoms with Crippen LogP contribution in [0.2, 0.25) is 5.02 Å². The molecule has 0 radical (unpaired) electrons. The predicted molar refractivity (Wildman–Crippen MR) is 110 cm³/mol. The molecule has 5 nitrogen and oxygen atoms in total. The molecule has 2 rings (SSSR count). The van der Waals surface area contributed by atoms with Crippen molar-refractivity contribution in [3.63, 3.8) is 0 Å². The van der Waals surface area contributed by atoms with Gasteiger partial charge in [-0.05, 0) is 48.9 Å². The van der Waals surface area contributed by atoms with Gasteiger partial charge < -0.3 is 5.32 Å². The van der Waals surface area contributed by atoms with Gasteiger partial charge in [-0.3, -0.25) is 19.5 Å². The summed E-state index contributed by atoms with van der Waals surface area (Å²) in [6, 6.07) is 6.83. The minimum absolute atomic E-state index is 0.148. The molecule has 7 heteroatoms. The molecule has 1 saturated heterocycles. The SMILES string of the molecule is CCCCN=C1SC(=CC(=O)Nc2ccc(Cl)cc2)C(=O)N1CCCC. The number of carbonyl (C=O) groups is 2. The number of thioether (sulfide) groups is 1. The molecule has 1 heterocycles. The Morgan fingerprint density at radius 1 is 1.23 bits per heavy atom. The van der Waals surface area contributed by atoms with Crippen LogP contribution in [-0.4, -0.2) is 35.0 Å². The monoisotopic (exact) mass is 393 g/mol. The highest BCUT2D eigenvalue weighted by molar-refractivity contribution is 8.18. The number of amidine groups is 1. The van der Waals surface area contributed by atoms with Crippen molar-refractivity contribution >= 4 is 46.0 Å². The average Bonchev–Trinajstić information content (AvgIpc) is 2.90. The number of carbonyl (C=O) groups excluding carboxylic acids is 2. The molecule has 0 aliphatic carbocycles. The fourth-order valence-corrected chi connectivity index (χ4v) is 3.43. The minimum Gasteiger partial charge on any atom is -0.322 e. The Hall–Kier alpha value is -1.79. The van der Waals surface area contributed by atoms with E-state index in [1.54, 1.807) is 29.2 Å². The molecule has 1 aromatic carbocycles. The standard InChI is InChI=1S/C19H24ClN3O2S/c1-3-5-11-21-19-23(12-6-4-2)18(25)16(26-19)13-17(24)22-15-9-7-14(20)8-10-15/h7-10,13H,3-6,11-12H2,1-2H3,(H,22,24). The summed E-state index contributed by atoms with van der Waals surface area (Å²) in [5.41, 5.74) is 0.631. The van der Waals surface area contributed by atoms with Crippen molar-refractivity contribution < 1.29 is 9.59 Å². The Kier molecular flexibility index (Phi) is 8.19. The third-order valence-electron chi connectivity index (χ3n) is 3.76. The van der Waals surface area contributed by atoms with Gasteiger partial charge in [0.05, 0.1) is 4.91 Å². The number of amides is 2. The number of rotatable bonds is 8. The maximum Gasteiger partial charge on any atom is 0.266 e. The summed E-state index contributed by atoms with van der Waals surface area (Å²) in [6.07, 6.45) is 5.28. The highest BCUT2D eigenvalue weighted by Crippen LogP contribution is 2.31. The van der Waals surface area contributed by atoms with Crippen LogP contribution in [0.15, 0.2) is 40.2 Å². The topological polar surface area (TPSA) is 61.8 Å². The molecule has 0 unspecified atom stereocenters. The van der Waals surface area contributed by atoms with E-state index in [2.05, 4.69) is 24.2 Å². The second-order valence-electron chi connectivity index (χ2n) is 5.93.